The van der Waals surface area contributed by atoms with Crippen molar-refractivity contribution in [3.05, 3.63) is 24.2 Å². The van der Waals surface area contributed by atoms with Gasteiger partial charge in [-0.2, -0.15) is 0 Å². The molecule has 2 nitrogen and oxygen atoms in total. The molecule has 1 saturated carbocycles. The normalized spacial score (nSPS) is 25.4. The van der Waals surface area contributed by atoms with Crippen molar-refractivity contribution in [3.63, 3.8) is 0 Å². The van der Waals surface area contributed by atoms with Crippen LogP contribution in [-0.4, -0.2) is 12.6 Å². The predicted molar refractivity (Wildman–Crippen MR) is 80.2 cm³/mol. The second-order valence-electron chi connectivity index (χ2n) is 5.90. The van der Waals surface area contributed by atoms with Crippen molar-refractivity contribution in [2.75, 3.05) is 6.54 Å². The molecule has 2 heteroatoms. The molecule has 2 rings (SSSR count). The third-order valence-electron chi connectivity index (χ3n) is 4.76. The number of nitrogens with one attached hydrogen (secondary N) is 1. The Kier molecular flexibility index (Phi) is 5.96. The molecule has 0 aromatic carbocycles. The van der Waals surface area contributed by atoms with Crippen molar-refractivity contribution < 1.29 is 4.42 Å². The topological polar surface area (TPSA) is 25.2 Å². The van der Waals surface area contributed by atoms with Crippen LogP contribution in [0.5, 0.6) is 0 Å². The highest BCUT2D eigenvalue weighted by Gasteiger charge is 2.30. The summed E-state index contributed by atoms with van der Waals surface area (Å²) in [5, 5.41) is 3.74. The summed E-state index contributed by atoms with van der Waals surface area (Å²) < 4.78 is 5.47. The van der Waals surface area contributed by atoms with E-state index in [9.17, 15) is 0 Å². The SMILES string of the molecule is CCNC(CCc1ccco1)C1CCCCC1CC. The van der Waals surface area contributed by atoms with Crippen molar-refractivity contribution in [1.82, 2.24) is 5.32 Å². The van der Waals surface area contributed by atoms with E-state index in [1.165, 1.54) is 38.5 Å². The zero-order valence-corrected chi connectivity index (χ0v) is 12.5. The van der Waals surface area contributed by atoms with Gasteiger partial charge in [-0.05, 0) is 43.4 Å². The first-order valence-electron chi connectivity index (χ1n) is 8.10. The van der Waals surface area contributed by atoms with Crippen LogP contribution in [0.15, 0.2) is 22.8 Å². The zero-order chi connectivity index (χ0) is 13.5. The molecule has 0 bridgehead atoms. The lowest BCUT2D eigenvalue weighted by Crippen LogP contribution is -2.41. The Bertz CT molecular complexity index is 333. The van der Waals surface area contributed by atoms with E-state index in [1.54, 1.807) is 6.26 Å². The van der Waals surface area contributed by atoms with E-state index >= 15 is 0 Å². The van der Waals surface area contributed by atoms with Crippen LogP contribution in [0.4, 0.5) is 0 Å². The zero-order valence-electron chi connectivity index (χ0n) is 12.5. The third-order valence-corrected chi connectivity index (χ3v) is 4.76. The predicted octanol–water partition coefficient (Wildman–Crippen LogP) is 4.41. The maximum absolute atomic E-state index is 5.47. The van der Waals surface area contributed by atoms with Crippen LogP contribution in [0.2, 0.25) is 0 Å². The average molecular weight is 263 g/mol. The molecule has 3 unspecified atom stereocenters. The summed E-state index contributed by atoms with van der Waals surface area (Å²) >= 11 is 0. The lowest BCUT2D eigenvalue weighted by molar-refractivity contribution is 0.169. The first-order chi connectivity index (χ1) is 9.35. The van der Waals surface area contributed by atoms with Crippen LogP contribution in [0.25, 0.3) is 0 Å². The highest BCUT2D eigenvalue weighted by atomic mass is 16.3. The van der Waals surface area contributed by atoms with E-state index in [0.717, 1.165) is 30.6 Å². The molecule has 0 saturated heterocycles. The Hall–Kier alpha value is -0.760. The Morgan fingerprint density at radius 2 is 2.16 bits per heavy atom. The van der Waals surface area contributed by atoms with Crippen LogP contribution in [-0.2, 0) is 6.42 Å². The molecule has 1 aromatic rings. The Morgan fingerprint density at radius 3 is 2.84 bits per heavy atom. The van der Waals surface area contributed by atoms with E-state index in [2.05, 4.69) is 25.2 Å². The Morgan fingerprint density at radius 1 is 1.32 bits per heavy atom. The van der Waals surface area contributed by atoms with Crippen LogP contribution in [0.1, 0.15) is 58.1 Å². The molecule has 108 valence electrons. The summed E-state index contributed by atoms with van der Waals surface area (Å²) in [6.07, 6.45) is 11.1. The number of hydrogen-bond acceptors (Lipinski definition) is 2. The molecule has 1 N–H and O–H groups in total. The molecule has 19 heavy (non-hydrogen) atoms. The van der Waals surface area contributed by atoms with Gasteiger partial charge in [0.05, 0.1) is 6.26 Å². The summed E-state index contributed by atoms with van der Waals surface area (Å²) in [6, 6.07) is 4.76. The highest BCUT2D eigenvalue weighted by Crippen LogP contribution is 2.35. The Labute approximate surface area is 118 Å². The molecule has 1 aliphatic rings. The summed E-state index contributed by atoms with van der Waals surface area (Å²) in [6.45, 7) is 5.66. The molecular weight excluding hydrogens is 234 g/mol. The standard InChI is InChI=1S/C17H29NO/c1-3-14-8-5-6-10-16(14)17(18-4-2)12-11-15-9-7-13-19-15/h7,9,13-14,16-18H,3-6,8,10-12H2,1-2H3. The first kappa shape index (κ1) is 14.6. The fourth-order valence-corrected chi connectivity index (χ4v) is 3.76. The van der Waals surface area contributed by atoms with Crippen molar-refractivity contribution in [1.29, 1.82) is 0 Å². The van der Waals surface area contributed by atoms with Crippen LogP contribution in [0.3, 0.4) is 0 Å². The second-order valence-corrected chi connectivity index (χ2v) is 5.90. The summed E-state index contributed by atoms with van der Waals surface area (Å²) in [7, 11) is 0. The average Bonchev–Trinajstić information content (AvgIpc) is 2.96. The molecule has 1 aliphatic carbocycles. The molecular formula is C17H29NO. The van der Waals surface area contributed by atoms with E-state index in [4.69, 9.17) is 4.42 Å². The monoisotopic (exact) mass is 263 g/mol. The van der Waals surface area contributed by atoms with Crippen LogP contribution < -0.4 is 5.32 Å². The molecule has 0 aliphatic heterocycles. The van der Waals surface area contributed by atoms with Gasteiger partial charge in [-0.15, -0.1) is 0 Å². The van der Waals surface area contributed by atoms with E-state index in [0.29, 0.717) is 6.04 Å². The first-order valence-corrected chi connectivity index (χ1v) is 8.10. The molecule has 1 fully saturated rings. The quantitative estimate of drug-likeness (QED) is 0.788. The summed E-state index contributed by atoms with van der Waals surface area (Å²) in [5.41, 5.74) is 0. The number of rotatable bonds is 7. The largest absolute Gasteiger partial charge is 0.469 e. The van der Waals surface area contributed by atoms with E-state index in [1.807, 2.05) is 6.07 Å². The fraction of sp³-hybridized carbons (Fsp3) is 0.765. The summed E-state index contributed by atoms with van der Waals surface area (Å²) in [4.78, 5) is 0. The van der Waals surface area contributed by atoms with Gasteiger partial charge in [0, 0.05) is 12.5 Å². The smallest absolute Gasteiger partial charge is 0.103 e. The minimum Gasteiger partial charge on any atom is -0.469 e. The van der Waals surface area contributed by atoms with Crippen molar-refractivity contribution in [3.8, 4) is 0 Å². The Balaban J connectivity index is 1.93. The maximum atomic E-state index is 5.47. The second kappa shape index (κ2) is 7.74. The van der Waals surface area contributed by atoms with Gasteiger partial charge in [0.25, 0.3) is 0 Å². The molecule has 1 heterocycles. The van der Waals surface area contributed by atoms with Gasteiger partial charge in [-0.3, -0.25) is 0 Å². The van der Waals surface area contributed by atoms with Gasteiger partial charge < -0.3 is 9.73 Å². The van der Waals surface area contributed by atoms with Crippen LogP contribution in [0, 0.1) is 11.8 Å². The molecule has 3 atom stereocenters. The van der Waals surface area contributed by atoms with E-state index in [-0.39, 0.29) is 0 Å². The minimum absolute atomic E-state index is 0.667. The van der Waals surface area contributed by atoms with Gasteiger partial charge in [0.1, 0.15) is 5.76 Å². The van der Waals surface area contributed by atoms with Gasteiger partial charge in [0.15, 0.2) is 0 Å². The van der Waals surface area contributed by atoms with Gasteiger partial charge >= 0.3 is 0 Å². The molecule has 0 radical (unpaired) electrons. The molecule has 1 aromatic heterocycles. The van der Waals surface area contributed by atoms with Crippen LogP contribution >= 0.6 is 0 Å². The van der Waals surface area contributed by atoms with Gasteiger partial charge in [0.2, 0.25) is 0 Å². The number of furan rings is 1. The number of hydrogen-bond donors (Lipinski definition) is 1. The summed E-state index contributed by atoms with van der Waals surface area (Å²) in [5.74, 6) is 2.93. The van der Waals surface area contributed by atoms with Gasteiger partial charge in [-0.1, -0.05) is 39.5 Å². The van der Waals surface area contributed by atoms with Crippen molar-refractivity contribution >= 4 is 0 Å². The van der Waals surface area contributed by atoms with Gasteiger partial charge in [-0.25, -0.2) is 0 Å². The lowest BCUT2D eigenvalue weighted by atomic mass is 9.73. The number of aryl methyl sites for hydroxylation is 1. The molecule has 0 spiro atoms. The molecule has 0 amide bonds. The fourth-order valence-electron chi connectivity index (χ4n) is 3.76. The maximum Gasteiger partial charge on any atom is 0.103 e. The van der Waals surface area contributed by atoms with Crippen molar-refractivity contribution in [2.45, 2.75) is 64.8 Å². The highest BCUT2D eigenvalue weighted by molar-refractivity contribution is 4.99. The van der Waals surface area contributed by atoms with Crippen molar-refractivity contribution in [2.24, 2.45) is 11.8 Å². The lowest BCUT2D eigenvalue weighted by Gasteiger charge is -2.37. The minimum atomic E-state index is 0.667. The van der Waals surface area contributed by atoms with E-state index < -0.39 is 0 Å². The third kappa shape index (κ3) is 4.10.